The third-order valence-electron chi connectivity index (χ3n) is 3.75. The Balaban J connectivity index is 2.18. The van der Waals surface area contributed by atoms with Crippen molar-refractivity contribution in [3.8, 4) is 5.69 Å². The van der Waals surface area contributed by atoms with E-state index in [1.165, 1.54) is 12.1 Å². The largest absolute Gasteiger partial charge is 0.317 e. The van der Waals surface area contributed by atoms with Gasteiger partial charge in [0.1, 0.15) is 5.82 Å². The molecular weight excluding hydrogens is 277 g/mol. The Morgan fingerprint density at radius 3 is 2.75 bits per heavy atom. The third kappa shape index (κ3) is 2.16. The van der Waals surface area contributed by atoms with E-state index in [1.807, 2.05) is 0 Å². The van der Waals surface area contributed by atoms with Crippen molar-refractivity contribution in [1.82, 2.24) is 4.57 Å². The highest BCUT2D eigenvalue weighted by Gasteiger charge is 2.33. The summed E-state index contributed by atoms with van der Waals surface area (Å²) < 4.78 is 15.8. The number of benzene rings is 1. The average Bonchev–Trinajstić information content (AvgIpc) is 2.74. The van der Waals surface area contributed by atoms with Gasteiger partial charge in [-0.1, -0.05) is 25.4 Å². The van der Waals surface area contributed by atoms with Crippen LogP contribution in [0, 0.1) is 11.2 Å². The molecule has 0 aliphatic heterocycles. The molecule has 0 fully saturated rings. The molecule has 0 saturated heterocycles. The van der Waals surface area contributed by atoms with E-state index in [0.29, 0.717) is 22.7 Å². The third-order valence-corrected chi connectivity index (χ3v) is 3.98. The molecule has 2 nitrogen and oxygen atoms in total. The number of carbonyl (C=O) groups is 1. The van der Waals surface area contributed by atoms with Crippen molar-refractivity contribution in [2.45, 2.75) is 26.7 Å². The van der Waals surface area contributed by atoms with Gasteiger partial charge in [0.05, 0.1) is 5.69 Å². The predicted molar refractivity (Wildman–Crippen MR) is 77.2 cm³/mol. The van der Waals surface area contributed by atoms with Crippen molar-refractivity contribution < 1.29 is 9.18 Å². The highest BCUT2D eigenvalue weighted by atomic mass is 35.5. The van der Waals surface area contributed by atoms with Crippen molar-refractivity contribution in [2.24, 2.45) is 5.41 Å². The summed E-state index contributed by atoms with van der Waals surface area (Å²) in [5.74, 6) is -0.221. The topological polar surface area (TPSA) is 22.0 Å². The van der Waals surface area contributed by atoms with Crippen molar-refractivity contribution in [2.75, 3.05) is 0 Å². The molecule has 0 bridgehead atoms. The number of aromatic nitrogens is 1. The van der Waals surface area contributed by atoms with Crippen LogP contribution < -0.4 is 0 Å². The molecule has 0 spiro atoms. The minimum atomic E-state index is -0.344. The Labute approximate surface area is 122 Å². The van der Waals surface area contributed by atoms with Crippen LogP contribution in [0.25, 0.3) is 5.69 Å². The number of hydrogen-bond acceptors (Lipinski definition) is 1. The molecule has 1 aliphatic carbocycles. The van der Waals surface area contributed by atoms with Crippen molar-refractivity contribution >= 4 is 17.4 Å². The lowest BCUT2D eigenvalue weighted by molar-refractivity contribution is 0.0911. The fourth-order valence-electron chi connectivity index (χ4n) is 2.84. The van der Waals surface area contributed by atoms with Gasteiger partial charge in [-0.15, -0.1) is 0 Å². The maximum Gasteiger partial charge on any atom is 0.165 e. The number of hydrogen-bond donors (Lipinski definition) is 0. The van der Waals surface area contributed by atoms with Crippen LogP contribution in [0.5, 0.6) is 0 Å². The van der Waals surface area contributed by atoms with Gasteiger partial charge in [-0.3, -0.25) is 4.79 Å². The van der Waals surface area contributed by atoms with E-state index in [2.05, 4.69) is 13.8 Å². The number of carbonyl (C=O) groups excluding carboxylic acids is 1. The van der Waals surface area contributed by atoms with Crippen LogP contribution >= 0.6 is 11.6 Å². The molecule has 0 saturated carbocycles. The van der Waals surface area contributed by atoms with Gasteiger partial charge >= 0.3 is 0 Å². The normalized spacial score (nSPS) is 17.1. The number of rotatable bonds is 1. The van der Waals surface area contributed by atoms with Gasteiger partial charge in [-0.2, -0.15) is 0 Å². The van der Waals surface area contributed by atoms with Gasteiger partial charge in [0.2, 0.25) is 0 Å². The molecule has 0 N–H and O–H groups in total. The number of fused-ring (bicyclic) bond motifs is 1. The predicted octanol–water partition coefficient (Wildman–Crippen LogP) is 4.42. The minimum Gasteiger partial charge on any atom is -0.317 e. The highest BCUT2D eigenvalue weighted by Crippen LogP contribution is 2.36. The second-order valence-corrected chi connectivity index (χ2v) is 6.52. The molecule has 1 aromatic carbocycles. The lowest BCUT2D eigenvalue weighted by atomic mass is 9.76. The standard InChI is InChI=1S/C16H15ClFNO/c1-16(2)8-14-11(15(20)9-16)5-6-19(14)13-7-10(17)3-4-12(13)18/h3-7H,8-9H2,1-2H3. The molecule has 1 heterocycles. The Hall–Kier alpha value is -1.61. The zero-order valence-electron chi connectivity index (χ0n) is 11.4. The fraction of sp³-hybridized carbons (Fsp3) is 0.312. The van der Waals surface area contributed by atoms with Crippen LogP contribution in [-0.2, 0) is 6.42 Å². The van der Waals surface area contributed by atoms with Gasteiger partial charge in [-0.05, 0) is 36.1 Å². The minimum absolute atomic E-state index is 0.102. The van der Waals surface area contributed by atoms with Crippen LogP contribution in [-0.4, -0.2) is 10.4 Å². The first-order valence-electron chi connectivity index (χ1n) is 6.56. The van der Waals surface area contributed by atoms with Gasteiger partial charge in [0, 0.05) is 28.9 Å². The van der Waals surface area contributed by atoms with Crippen molar-refractivity contribution in [3.05, 3.63) is 52.6 Å². The van der Waals surface area contributed by atoms with Gasteiger partial charge in [-0.25, -0.2) is 4.39 Å². The molecule has 1 aromatic heterocycles. The van der Waals surface area contributed by atoms with Gasteiger partial charge in [0.15, 0.2) is 5.78 Å². The summed E-state index contributed by atoms with van der Waals surface area (Å²) in [5, 5.41) is 0.477. The Morgan fingerprint density at radius 1 is 1.25 bits per heavy atom. The summed E-state index contributed by atoms with van der Waals surface area (Å²) in [4.78, 5) is 12.2. The average molecular weight is 292 g/mol. The highest BCUT2D eigenvalue weighted by molar-refractivity contribution is 6.30. The van der Waals surface area contributed by atoms with E-state index < -0.39 is 0 Å². The van der Waals surface area contributed by atoms with Crippen LogP contribution in [0.4, 0.5) is 4.39 Å². The zero-order valence-corrected chi connectivity index (χ0v) is 12.2. The monoisotopic (exact) mass is 291 g/mol. The summed E-state index contributed by atoms with van der Waals surface area (Å²) in [6, 6.07) is 6.22. The van der Waals surface area contributed by atoms with Crippen LogP contribution in [0.1, 0.15) is 36.3 Å². The maximum absolute atomic E-state index is 14.0. The number of ketones is 1. The number of Topliss-reactive ketones (excluding diaryl/α,β-unsaturated/α-hetero) is 1. The maximum atomic E-state index is 14.0. The molecule has 2 aromatic rings. The first kappa shape index (κ1) is 13.4. The lowest BCUT2D eigenvalue weighted by Crippen LogP contribution is -2.27. The van der Waals surface area contributed by atoms with E-state index in [1.54, 1.807) is 22.9 Å². The first-order chi connectivity index (χ1) is 9.37. The molecular formula is C16H15ClFNO. The second kappa shape index (κ2) is 4.45. The molecule has 0 unspecified atom stereocenters. The van der Waals surface area contributed by atoms with E-state index in [-0.39, 0.29) is 17.0 Å². The van der Waals surface area contributed by atoms with Crippen LogP contribution in [0.15, 0.2) is 30.5 Å². The van der Waals surface area contributed by atoms with E-state index in [0.717, 1.165) is 12.1 Å². The van der Waals surface area contributed by atoms with Crippen molar-refractivity contribution in [3.63, 3.8) is 0 Å². The summed E-state index contributed by atoms with van der Waals surface area (Å²) in [7, 11) is 0. The smallest absolute Gasteiger partial charge is 0.165 e. The molecule has 1 aliphatic rings. The molecule has 0 atom stereocenters. The van der Waals surface area contributed by atoms with Crippen LogP contribution in [0.3, 0.4) is 0 Å². The van der Waals surface area contributed by atoms with E-state index in [9.17, 15) is 9.18 Å². The molecule has 0 radical (unpaired) electrons. The Bertz CT molecular complexity index is 702. The summed E-state index contributed by atoms with van der Waals surface area (Å²) in [6.07, 6.45) is 3.02. The van der Waals surface area contributed by atoms with Gasteiger partial charge in [0.25, 0.3) is 0 Å². The quantitative estimate of drug-likeness (QED) is 0.762. The SMILES string of the molecule is CC1(C)CC(=O)c2ccn(-c3cc(Cl)ccc3F)c2C1. The summed E-state index contributed by atoms with van der Waals surface area (Å²) >= 11 is 5.95. The number of halogens is 2. The molecule has 4 heteroatoms. The Kier molecular flexibility index (Phi) is 2.98. The summed E-state index contributed by atoms with van der Waals surface area (Å²) in [5.41, 5.74) is 1.86. The number of nitrogens with zero attached hydrogens (tertiary/aromatic N) is 1. The lowest BCUT2D eigenvalue weighted by Gasteiger charge is -2.29. The molecule has 0 amide bonds. The second-order valence-electron chi connectivity index (χ2n) is 6.08. The Morgan fingerprint density at radius 2 is 2.00 bits per heavy atom. The molecule has 104 valence electrons. The van der Waals surface area contributed by atoms with E-state index >= 15 is 0 Å². The van der Waals surface area contributed by atoms with Crippen LogP contribution in [0.2, 0.25) is 5.02 Å². The summed E-state index contributed by atoms with van der Waals surface area (Å²) in [6.45, 7) is 4.11. The van der Waals surface area contributed by atoms with Gasteiger partial charge < -0.3 is 4.57 Å². The zero-order chi connectivity index (χ0) is 14.5. The molecule has 3 rings (SSSR count). The first-order valence-corrected chi connectivity index (χ1v) is 6.94. The van der Waals surface area contributed by atoms with Crippen molar-refractivity contribution in [1.29, 1.82) is 0 Å². The molecule has 20 heavy (non-hydrogen) atoms. The fourth-order valence-corrected chi connectivity index (χ4v) is 3.01. The van der Waals surface area contributed by atoms with E-state index in [4.69, 9.17) is 11.6 Å².